The second-order valence-electron chi connectivity index (χ2n) is 5.09. The van der Waals surface area contributed by atoms with Gasteiger partial charge in [0.15, 0.2) is 5.00 Å². The lowest BCUT2D eigenvalue weighted by Gasteiger charge is -2.34. The molecule has 1 fully saturated rings. The van der Waals surface area contributed by atoms with Crippen molar-refractivity contribution in [3.8, 4) is 0 Å². The molecule has 1 aromatic rings. The van der Waals surface area contributed by atoms with Crippen molar-refractivity contribution in [2.24, 2.45) is 0 Å². The fourth-order valence-electron chi connectivity index (χ4n) is 2.55. The second-order valence-corrected chi connectivity index (χ2v) is 6.15. The lowest BCUT2D eigenvalue weighted by atomic mass is 10.0. The molecule has 1 saturated heterocycles. The molecular formula is C13H19N3O4S. The third kappa shape index (κ3) is 3.16. The van der Waals surface area contributed by atoms with E-state index in [1.165, 1.54) is 17.4 Å². The van der Waals surface area contributed by atoms with Gasteiger partial charge in [0.05, 0.1) is 11.0 Å². The van der Waals surface area contributed by atoms with Gasteiger partial charge < -0.3 is 15.3 Å². The summed E-state index contributed by atoms with van der Waals surface area (Å²) in [5.41, 5.74) is -0.0355. The molecule has 0 saturated carbocycles. The molecule has 0 spiro atoms. The molecule has 0 aliphatic carbocycles. The van der Waals surface area contributed by atoms with Crippen LogP contribution in [0.2, 0.25) is 0 Å². The van der Waals surface area contributed by atoms with Crippen molar-refractivity contribution in [3.63, 3.8) is 0 Å². The SMILES string of the molecule is CNC(=O)C1CCCCN1c1sc(C(C)O)cc1[N+](=O)[O-]. The van der Waals surface area contributed by atoms with Gasteiger partial charge in [0.25, 0.3) is 0 Å². The third-order valence-electron chi connectivity index (χ3n) is 3.63. The number of aliphatic hydroxyl groups excluding tert-OH is 1. The van der Waals surface area contributed by atoms with Gasteiger partial charge in [-0.25, -0.2) is 0 Å². The standard InChI is InChI=1S/C13H19N3O4S/c1-8(17)11-7-10(16(19)20)13(21-11)15-6-4-3-5-9(15)12(18)14-2/h7-9,17H,3-6H2,1-2H3,(H,14,18). The number of carbonyl (C=O) groups excluding carboxylic acids is 1. The van der Waals surface area contributed by atoms with Crippen molar-refractivity contribution in [3.05, 3.63) is 21.1 Å². The number of nitro groups is 1. The average Bonchev–Trinajstić information content (AvgIpc) is 2.92. The van der Waals surface area contributed by atoms with Crippen LogP contribution in [0.4, 0.5) is 10.7 Å². The fourth-order valence-corrected chi connectivity index (χ4v) is 3.68. The van der Waals surface area contributed by atoms with Gasteiger partial charge in [-0.05, 0) is 26.2 Å². The summed E-state index contributed by atoms with van der Waals surface area (Å²) < 4.78 is 0. The smallest absolute Gasteiger partial charge is 0.304 e. The van der Waals surface area contributed by atoms with E-state index < -0.39 is 11.0 Å². The van der Waals surface area contributed by atoms with Crippen molar-refractivity contribution in [2.45, 2.75) is 38.3 Å². The van der Waals surface area contributed by atoms with Gasteiger partial charge in [-0.1, -0.05) is 0 Å². The van der Waals surface area contributed by atoms with Gasteiger partial charge in [-0.3, -0.25) is 14.9 Å². The van der Waals surface area contributed by atoms with Crippen LogP contribution in [0.15, 0.2) is 6.07 Å². The molecule has 1 aromatic heterocycles. The van der Waals surface area contributed by atoms with E-state index in [-0.39, 0.29) is 17.6 Å². The molecule has 2 atom stereocenters. The topological polar surface area (TPSA) is 95.7 Å². The van der Waals surface area contributed by atoms with E-state index in [1.807, 2.05) is 0 Å². The molecule has 0 bridgehead atoms. The Kier molecular flexibility index (Phi) is 4.79. The number of hydrogen-bond acceptors (Lipinski definition) is 6. The Morgan fingerprint density at radius 1 is 1.62 bits per heavy atom. The number of piperidine rings is 1. The number of thiophene rings is 1. The number of carbonyl (C=O) groups is 1. The van der Waals surface area contributed by atoms with Crippen molar-refractivity contribution < 1.29 is 14.8 Å². The summed E-state index contributed by atoms with van der Waals surface area (Å²) in [5, 5.41) is 24.0. The molecule has 1 aliphatic heterocycles. The molecule has 0 aromatic carbocycles. The van der Waals surface area contributed by atoms with Gasteiger partial charge in [-0.2, -0.15) is 0 Å². The third-order valence-corrected chi connectivity index (χ3v) is 4.97. The van der Waals surface area contributed by atoms with Crippen LogP contribution >= 0.6 is 11.3 Å². The molecule has 2 heterocycles. The van der Waals surface area contributed by atoms with Crippen LogP contribution in [0.1, 0.15) is 37.2 Å². The molecular weight excluding hydrogens is 294 g/mol. The van der Waals surface area contributed by atoms with Gasteiger partial charge in [0.2, 0.25) is 5.91 Å². The molecule has 7 nitrogen and oxygen atoms in total. The summed E-state index contributed by atoms with van der Waals surface area (Å²) in [6.07, 6.45) is 1.74. The predicted octanol–water partition coefficient (Wildman–Crippen LogP) is 1.81. The van der Waals surface area contributed by atoms with Gasteiger partial charge in [0, 0.05) is 24.5 Å². The molecule has 1 aliphatic rings. The van der Waals surface area contributed by atoms with Crippen LogP contribution in [0.3, 0.4) is 0 Å². The number of anilines is 1. The lowest BCUT2D eigenvalue weighted by molar-refractivity contribution is -0.383. The summed E-state index contributed by atoms with van der Waals surface area (Å²) in [6.45, 7) is 2.18. The quantitative estimate of drug-likeness (QED) is 0.653. The largest absolute Gasteiger partial charge is 0.388 e. The van der Waals surface area contributed by atoms with E-state index in [4.69, 9.17) is 0 Å². The zero-order chi connectivity index (χ0) is 15.6. The molecule has 21 heavy (non-hydrogen) atoms. The first-order valence-electron chi connectivity index (χ1n) is 6.90. The maximum Gasteiger partial charge on any atom is 0.304 e. The Morgan fingerprint density at radius 3 is 2.90 bits per heavy atom. The van der Waals surface area contributed by atoms with E-state index in [2.05, 4.69) is 5.32 Å². The van der Waals surface area contributed by atoms with E-state index >= 15 is 0 Å². The van der Waals surface area contributed by atoms with Crippen molar-refractivity contribution in [1.29, 1.82) is 0 Å². The van der Waals surface area contributed by atoms with E-state index in [1.54, 1.807) is 18.9 Å². The first-order valence-corrected chi connectivity index (χ1v) is 7.71. The van der Waals surface area contributed by atoms with Crippen LogP contribution in [-0.4, -0.2) is 35.6 Å². The van der Waals surface area contributed by atoms with E-state index in [9.17, 15) is 20.0 Å². The van der Waals surface area contributed by atoms with Crippen LogP contribution in [0.5, 0.6) is 0 Å². The highest BCUT2D eigenvalue weighted by Crippen LogP contribution is 2.42. The van der Waals surface area contributed by atoms with Crippen molar-refractivity contribution in [2.75, 3.05) is 18.5 Å². The van der Waals surface area contributed by atoms with Crippen LogP contribution in [0, 0.1) is 10.1 Å². The maximum atomic E-state index is 12.0. The Bertz CT molecular complexity index is 544. The number of nitrogens with zero attached hydrogens (tertiary/aromatic N) is 2. The first-order chi connectivity index (χ1) is 9.95. The molecule has 2 rings (SSSR count). The summed E-state index contributed by atoms with van der Waals surface area (Å²) in [4.78, 5) is 25.1. The van der Waals surface area contributed by atoms with Crippen LogP contribution in [-0.2, 0) is 4.79 Å². The first kappa shape index (κ1) is 15.7. The molecule has 2 unspecified atom stereocenters. The lowest BCUT2D eigenvalue weighted by Crippen LogP contribution is -2.48. The molecule has 0 radical (unpaired) electrons. The van der Waals surface area contributed by atoms with Gasteiger partial charge in [-0.15, -0.1) is 11.3 Å². The molecule has 2 N–H and O–H groups in total. The molecule has 116 valence electrons. The Hall–Kier alpha value is -1.67. The van der Waals surface area contributed by atoms with Gasteiger partial charge >= 0.3 is 5.69 Å². The highest BCUT2D eigenvalue weighted by atomic mass is 32.1. The Morgan fingerprint density at radius 2 is 2.33 bits per heavy atom. The van der Waals surface area contributed by atoms with E-state index in [0.717, 1.165) is 12.8 Å². The van der Waals surface area contributed by atoms with Crippen LogP contribution in [0.25, 0.3) is 0 Å². The van der Waals surface area contributed by atoms with Crippen LogP contribution < -0.4 is 10.2 Å². The second kappa shape index (κ2) is 6.40. The maximum absolute atomic E-state index is 12.0. The van der Waals surface area contributed by atoms with Crippen molar-refractivity contribution in [1.82, 2.24) is 5.32 Å². The fraction of sp³-hybridized carbons (Fsp3) is 0.615. The number of hydrogen-bond donors (Lipinski definition) is 2. The van der Waals surface area contributed by atoms with Gasteiger partial charge in [0.1, 0.15) is 6.04 Å². The number of likely N-dealkylation sites (N-methyl/N-ethyl adjacent to an activating group) is 1. The van der Waals surface area contributed by atoms with Crippen molar-refractivity contribution >= 4 is 27.9 Å². The highest BCUT2D eigenvalue weighted by Gasteiger charge is 2.34. The summed E-state index contributed by atoms with van der Waals surface area (Å²) in [5.74, 6) is -0.129. The number of nitrogens with one attached hydrogen (secondary N) is 1. The zero-order valence-electron chi connectivity index (χ0n) is 12.0. The monoisotopic (exact) mass is 313 g/mol. The Labute approximate surface area is 126 Å². The Balaban J connectivity index is 2.42. The summed E-state index contributed by atoms with van der Waals surface area (Å²) in [7, 11) is 1.57. The number of rotatable bonds is 4. The molecule has 1 amide bonds. The predicted molar refractivity (Wildman–Crippen MR) is 80.7 cm³/mol. The number of amides is 1. The zero-order valence-corrected chi connectivity index (χ0v) is 12.9. The molecule has 8 heteroatoms. The number of aliphatic hydroxyl groups is 1. The summed E-state index contributed by atoms with van der Waals surface area (Å²) in [6, 6.07) is 1.02. The normalized spacial score (nSPS) is 20.1. The minimum Gasteiger partial charge on any atom is -0.388 e. The average molecular weight is 313 g/mol. The summed E-state index contributed by atoms with van der Waals surface area (Å²) >= 11 is 1.19. The highest BCUT2D eigenvalue weighted by molar-refractivity contribution is 7.16. The minimum atomic E-state index is -0.759. The van der Waals surface area contributed by atoms with E-state index in [0.29, 0.717) is 22.8 Å². The minimum absolute atomic E-state index is 0.0355.